The lowest BCUT2D eigenvalue weighted by molar-refractivity contribution is -0.0511. The molecule has 0 amide bonds. The van der Waals surface area contributed by atoms with Crippen LogP contribution < -0.4 is 17.0 Å². The number of aromatic nitrogens is 6. The number of hydrogen-bond acceptors (Lipinski definition) is 10. The highest BCUT2D eigenvalue weighted by Gasteiger charge is 2.43. The van der Waals surface area contributed by atoms with Crippen molar-refractivity contribution in [2.75, 3.05) is 12.3 Å². The molecule has 0 spiro atoms. The molecule has 1 aliphatic rings. The van der Waals surface area contributed by atoms with Crippen molar-refractivity contribution in [1.82, 2.24) is 29.5 Å². The molecule has 144 valence electrons. The molecule has 4 heterocycles. The van der Waals surface area contributed by atoms with Crippen molar-refractivity contribution >= 4 is 17.0 Å². The van der Waals surface area contributed by atoms with Gasteiger partial charge in [0.15, 0.2) is 17.7 Å². The van der Waals surface area contributed by atoms with E-state index >= 15 is 0 Å². The van der Waals surface area contributed by atoms with E-state index in [4.69, 9.17) is 15.6 Å². The number of nitrogens with two attached hydrogens (primary N) is 1. The van der Waals surface area contributed by atoms with Gasteiger partial charge in [-0.3, -0.25) is 14.3 Å². The number of aliphatic hydroxyl groups is 3. The third kappa shape index (κ3) is 3.70. The highest BCUT2D eigenvalue weighted by atomic mass is 16.6. The highest BCUT2D eigenvalue weighted by molar-refractivity contribution is 5.81. The van der Waals surface area contributed by atoms with Crippen molar-refractivity contribution in [3.8, 4) is 0 Å². The Hall–Kier alpha value is -3.13. The first-order chi connectivity index (χ1) is 12.9. The molecule has 7 N–H and O–H groups in total. The highest BCUT2D eigenvalue weighted by Crippen LogP contribution is 2.31. The van der Waals surface area contributed by atoms with Crippen LogP contribution in [-0.4, -0.2) is 69.7 Å². The molecule has 0 aromatic carbocycles. The molecule has 13 nitrogen and oxygen atoms in total. The van der Waals surface area contributed by atoms with E-state index in [9.17, 15) is 19.8 Å². The summed E-state index contributed by atoms with van der Waals surface area (Å²) in [5.41, 5.74) is 5.59. The van der Waals surface area contributed by atoms with Gasteiger partial charge in [-0.25, -0.2) is 19.7 Å². The van der Waals surface area contributed by atoms with Gasteiger partial charge in [0.25, 0.3) is 5.56 Å². The maximum Gasteiger partial charge on any atom is 0.325 e. The second-order valence-electron chi connectivity index (χ2n) is 5.61. The van der Waals surface area contributed by atoms with Crippen LogP contribution >= 0.6 is 0 Å². The van der Waals surface area contributed by atoms with Crippen LogP contribution in [-0.2, 0) is 4.74 Å². The van der Waals surface area contributed by atoms with Crippen LogP contribution in [0.25, 0.3) is 11.2 Å². The van der Waals surface area contributed by atoms with E-state index in [-0.39, 0.29) is 11.4 Å². The molecule has 1 saturated heterocycles. The predicted molar refractivity (Wildman–Crippen MR) is 90.4 cm³/mol. The Morgan fingerprint density at radius 2 is 2.00 bits per heavy atom. The minimum Gasteiger partial charge on any atom is -0.394 e. The molecular weight excluding hydrogens is 362 g/mol. The summed E-state index contributed by atoms with van der Waals surface area (Å²) in [6.45, 7) is -0.390. The van der Waals surface area contributed by atoms with Crippen molar-refractivity contribution in [2.45, 2.75) is 24.5 Å². The lowest BCUT2D eigenvalue weighted by atomic mass is 10.1. The number of nitrogens with zero attached hydrogens (tertiary/aromatic N) is 4. The van der Waals surface area contributed by atoms with E-state index in [2.05, 4.69) is 19.9 Å². The summed E-state index contributed by atoms with van der Waals surface area (Å²) in [4.78, 5) is 36.6. The molecular formula is C14H17N7O6. The second-order valence-corrected chi connectivity index (χ2v) is 5.61. The monoisotopic (exact) mass is 379 g/mol. The quantitative estimate of drug-likeness (QED) is 0.267. The fourth-order valence-corrected chi connectivity index (χ4v) is 2.55. The number of nitrogens with one attached hydrogen (secondary N) is 2. The second kappa shape index (κ2) is 7.63. The molecule has 3 aromatic heterocycles. The van der Waals surface area contributed by atoms with Gasteiger partial charge < -0.3 is 30.8 Å². The molecule has 0 radical (unpaired) electrons. The number of imidazole rings is 1. The zero-order valence-electron chi connectivity index (χ0n) is 13.8. The molecule has 0 saturated carbocycles. The number of anilines is 1. The van der Waals surface area contributed by atoms with E-state index in [1.165, 1.54) is 29.5 Å². The Kier molecular flexibility index (Phi) is 5.27. The molecule has 0 unspecified atom stereocenters. The summed E-state index contributed by atoms with van der Waals surface area (Å²) >= 11 is 0. The maximum atomic E-state index is 10.2. The van der Waals surface area contributed by atoms with E-state index < -0.39 is 36.8 Å². The first-order valence-corrected chi connectivity index (χ1v) is 7.76. The van der Waals surface area contributed by atoms with Crippen molar-refractivity contribution in [3.05, 3.63) is 45.8 Å². The van der Waals surface area contributed by atoms with Gasteiger partial charge in [0.05, 0.1) is 12.9 Å². The topological polar surface area (TPSA) is 205 Å². The molecule has 1 fully saturated rings. The first kappa shape index (κ1) is 18.7. The molecule has 4 atom stereocenters. The van der Waals surface area contributed by atoms with Gasteiger partial charge in [-0.05, 0) is 0 Å². The third-order valence-electron chi connectivity index (χ3n) is 3.86. The molecule has 0 aliphatic carbocycles. The Bertz CT molecular complexity index is 1000. The average Bonchev–Trinajstić information content (AvgIpc) is 3.18. The van der Waals surface area contributed by atoms with E-state index in [0.29, 0.717) is 11.2 Å². The zero-order chi connectivity index (χ0) is 19.6. The lowest BCUT2D eigenvalue weighted by Crippen LogP contribution is -2.33. The number of aromatic amines is 2. The van der Waals surface area contributed by atoms with Crippen molar-refractivity contribution in [1.29, 1.82) is 0 Å². The number of H-pyrrole nitrogens is 2. The molecule has 13 heteroatoms. The number of nitrogen functional groups attached to an aromatic ring is 1. The normalized spacial score (nSPS) is 24.6. The summed E-state index contributed by atoms with van der Waals surface area (Å²) < 4.78 is 6.85. The van der Waals surface area contributed by atoms with Crippen LogP contribution in [0.15, 0.2) is 34.5 Å². The van der Waals surface area contributed by atoms with Gasteiger partial charge in [-0.1, -0.05) is 0 Å². The number of ether oxygens (including phenoxy) is 1. The Labute approximate surface area is 150 Å². The number of rotatable bonds is 2. The molecule has 0 bridgehead atoms. The average molecular weight is 379 g/mol. The minimum absolute atomic E-state index is 0.218. The van der Waals surface area contributed by atoms with Gasteiger partial charge in [-0.15, -0.1) is 0 Å². The van der Waals surface area contributed by atoms with Crippen molar-refractivity contribution in [3.63, 3.8) is 0 Å². The number of aliphatic hydroxyl groups excluding tert-OH is 3. The first-order valence-electron chi connectivity index (χ1n) is 7.76. The molecule has 3 aromatic rings. The summed E-state index contributed by atoms with van der Waals surface area (Å²) in [6, 6.07) is 1.24. The number of hydrogen-bond donors (Lipinski definition) is 6. The SMILES string of the molecule is Nc1ncnc2c1ncn2[C@@H]1O[C@H](CO)[C@@H](O)[C@H]1O.O=c1cc[nH]c(=O)[nH]1. The molecule has 4 rings (SSSR count). The Morgan fingerprint density at radius 1 is 1.22 bits per heavy atom. The predicted octanol–water partition coefficient (Wildman–Crippen LogP) is -2.92. The van der Waals surface area contributed by atoms with Crippen LogP contribution in [0, 0.1) is 0 Å². The number of fused-ring (bicyclic) bond motifs is 1. The van der Waals surface area contributed by atoms with Crippen LogP contribution in [0.5, 0.6) is 0 Å². The van der Waals surface area contributed by atoms with Gasteiger partial charge in [0, 0.05) is 12.3 Å². The summed E-state index contributed by atoms with van der Waals surface area (Å²) in [5.74, 6) is 0.218. The minimum atomic E-state index is -1.19. The van der Waals surface area contributed by atoms with Gasteiger partial charge in [0.2, 0.25) is 0 Å². The van der Waals surface area contributed by atoms with E-state index in [1.807, 2.05) is 4.98 Å². The van der Waals surface area contributed by atoms with Crippen molar-refractivity contribution < 1.29 is 20.1 Å². The zero-order valence-corrected chi connectivity index (χ0v) is 13.8. The van der Waals surface area contributed by atoms with Crippen molar-refractivity contribution in [2.24, 2.45) is 0 Å². The van der Waals surface area contributed by atoms with Crippen LogP contribution in [0.4, 0.5) is 5.82 Å². The summed E-state index contributed by atoms with van der Waals surface area (Å²) in [5, 5.41) is 28.7. The van der Waals surface area contributed by atoms with E-state index in [1.54, 1.807) is 0 Å². The maximum absolute atomic E-state index is 10.2. The standard InChI is InChI=1S/C10H13N5O4.C4H4N2O2/c11-8-5-9(13-2-12-8)15(3-14-5)10-7(18)6(17)4(1-16)19-10;7-3-1-2-5-4(8)6-3/h2-4,6-7,10,16-18H,1H2,(H2,11,12,13);1-2H,(H2,5,6,7,8)/t4-,6-,7-,10-;/m1./s1. The largest absolute Gasteiger partial charge is 0.394 e. The van der Waals surface area contributed by atoms with Gasteiger partial charge >= 0.3 is 5.69 Å². The lowest BCUT2D eigenvalue weighted by Gasteiger charge is -2.16. The van der Waals surface area contributed by atoms with Gasteiger partial charge in [0.1, 0.15) is 30.2 Å². The molecule has 27 heavy (non-hydrogen) atoms. The Morgan fingerprint density at radius 3 is 2.59 bits per heavy atom. The van der Waals surface area contributed by atoms with Crippen LogP contribution in [0.2, 0.25) is 0 Å². The van der Waals surface area contributed by atoms with Crippen LogP contribution in [0.3, 0.4) is 0 Å². The van der Waals surface area contributed by atoms with E-state index in [0.717, 1.165) is 0 Å². The Balaban J connectivity index is 0.000000221. The third-order valence-corrected chi connectivity index (χ3v) is 3.86. The van der Waals surface area contributed by atoms with Gasteiger partial charge in [-0.2, -0.15) is 0 Å². The summed E-state index contributed by atoms with van der Waals surface area (Å²) in [7, 11) is 0. The summed E-state index contributed by atoms with van der Waals surface area (Å²) in [6.07, 6.45) is -0.130. The fourth-order valence-electron chi connectivity index (χ4n) is 2.55. The fraction of sp³-hybridized carbons (Fsp3) is 0.357. The smallest absolute Gasteiger partial charge is 0.325 e. The van der Waals surface area contributed by atoms with Crippen LogP contribution in [0.1, 0.15) is 6.23 Å². The molecule has 1 aliphatic heterocycles.